The van der Waals surface area contributed by atoms with Crippen LogP contribution in [0.1, 0.15) is 19.2 Å². The number of aryl methyl sites for hydroxylation is 1. The average molecular weight is 384 g/mol. The molecule has 0 aromatic carbocycles. The smallest absolute Gasteiger partial charge is 0.205 e. The molecule has 0 saturated carbocycles. The molecule has 1 N–H and O–H groups in total. The lowest BCUT2D eigenvalue weighted by Crippen LogP contribution is -2.52. The molecule has 0 amide bonds. The Morgan fingerprint density at radius 3 is 2.69 bits per heavy atom. The second-order valence-corrected chi connectivity index (χ2v) is 7.17. The first-order chi connectivity index (χ1) is 12.7. The van der Waals surface area contributed by atoms with E-state index < -0.39 is 0 Å². The minimum atomic E-state index is 0.782. The van der Waals surface area contributed by atoms with Crippen LogP contribution in [0, 0.1) is 0 Å². The Balaban J connectivity index is 1.69. The number of rotatable bonds is 9. The van der Waals surface area contributed by atoms with Crippen LogP contribution in [0.25, 0.3) is 0 Å². The van der Waals surface area contributed by atoms with Gasteiger partial charge in [0.25, 0.3) is 0 Å². The molecule has 2 rings (SSSR count). The van der Waals surface area contributed by atoms with Crippen LogP contribution in [0.4, 0.5) is 5.13 Å². The summed E-state index contributed by atoms with van der Waals surface area (Å²) < 4.78 is 9.50. The first kappa shape index (κ1) is 20.9. The standard InChI is InChI=1S/C17H33N7OS/c1-5-15-20-17(26-21-15)24-11-9-23(10-12-24)16(18-2)19-7-6-8-22(3)13-14-25-4/h5-14H2,1-4H3,(H,18,19). The fourth-order valence-electron chi connectivity index (χ4n) is 2.87. The van der Waals surface area contributed by atoms with E-state index in [9.17, 15) is 0 Å². The summed E-state index contributed by atoms with van der Waals surface area (Å²) >= 11 is 1.51. The summed E-state index contributed by atoms with van der Waals surface area (Å²) in [6.07, 6.45) is 1.98. The first-order valence-electron chi connectivity index (χ1n) is 9.38. The Kier molecular flexibility index (Phi) is 9.07. The molecule has 0 unspecified atom stereocenters. The van der Waals surface area contributed by atoms with Crippen molar-refractivity contribution >= 4 is 22.6 Å². The molecule has 9 heteroatoms. The van der Waals surface area contributed by atoms with Crippen molar-refractivity contribution in [2.45, 2.75) is 19.8 Å². The number of methoxy groups -OCH3 is 1. The maximum atomic E-state index is 5.11. The minimum absolute atomic E-state index is 0.782. The highest BCUT2D eigenvalue weighted by atomic mass is 32.1. The lowest BCUT2D eigenvalue weighted by molar-refractivity contribution is 0.161. The van der Waals surface area contributed by atoms with Crippen molar-refractivity contribution in [3.63, 3.8) is 0 Å². The average Bonchev–Trinajstić information content (AvgIpc) is 3.16. The molecule has 0 aliphatic carbocycles. The number of nitrogens with zero attached hydrogens (tertiary/aromatic N) is 6. The Morgan fingerprint density at radius 1 is 1.31 bits per heavy atom. The van der Waals surface area contributed by atoms with Crippen molar-refractivity contribution in [2.24, 2.45) is 4.99 Å². The molecule has 0 spiro atoms. The molecule has 1 fully saturated rings. The van der Waals surface area contributed by atoms with Crippen molar-refractivity contribution in [3.8, 4) is 0 Å². The molecular formula is C17H33N7OS. The third-order valence-electron chi connectivity index (χ3n) is 4.51. The van der Waals surface area contributed by atoms with Gasteiger partial charge in [-0.3, -0.25) is 4.99 Å². The summed E-state index contributed by atoms with van der Waals surface area (Å²) in [6.45, 7) is 9.65. The quantitative estimate of drug-likeness (QED) is 0.384. The SMILES string of the molecule is CCc1nsc(N2CCN(C(=NC)NCCCN(C)CCOC)CC2)n1. The van der Waals surface area contributed by atoms with Crippen LogP contribution in [-0.4, -0.2) is 98.7 Å². The number of hydrogen-bond donors (Lipinski definition) is 1. The van der Waals surface area contributed by atoms with Crippen LogP contribution in [0.2, 0.25) is 0 Å². The number of ether oxygens (including phenoxy) is 1. The van der Waals surface area contributed by atoms with Crippen molar-refractivity contribution in [3.05, 3.63) is 5.82 Å². The van der Waals surface area contributed by atoms with Crippen LogP contribution in [0.15, 0.2) is 4.99 Å². The number of likely N-dealkylation sites (N-methyl/N-ethyl adjacent to an activating group) is 1. The van der Waals surface area contributed by atoms with Gasteiger partial charge in [0.05, 0.1) is 6.61 Å². The van der Waals surface area contributed by atoms with Gasteiger partial charge in [-0.1, -0.05) is 6.92 Å². The summed E-state index contributed by atoms with van der Waals surface area (Å²) in [5.74, 6) is 1.94. The van der Waals surface area contributed by atoms with Gasteiger partial charge in [0.15, 0.2) is 5.96 Å². The van der Waals surface area contributed by atoms with E-state index >= 15 is 0 Å². The van der Waals surface area contributed by atoms with Gasteiger partial charge in [0.2, 0.25) is 5.13 Å². The normalized spacial score (nSPS) is 15.8. The Hall–Kier alpha value is -1.45. The number of aromatic nitrogens is 2. The zero-order chi connectivity index (χ0) is 18.8. The third kappa shape index (κ3) is 6.37. The Morgan fingerprint density at radius 2 is 2.08 bits per heavy atom. The molecule has 1 saturated heterocycles. The highest BCUT2D eigenvalue weighted by Crippen LogP contribution is 2.19. The summed E-state index contributed by atoms with van der Waals surface area (Å²) in [7, 11) is 5.73. The summed E-state index contributed by atoms with van der Waals surface area (Å²) in [4.78, 5) is 16.0. The van der Waals surface area contributed by atoms with E-state index in [2.05, 4.69) is 48.3 Å². The highest BCUT2D eigenvalue weighted by Gasteiger charge is 2.21. The van der Waals surface area contributed by atoms with E-state index in [0.29, 0.717) is 0 Å². The molecule has 1 aliphatic rings. The highest BCUT2D eigenvalue weighted by molar-refractivity contribution is 7.09. The first-order valence-corrected chi connectivity index (χ1v) is 10.2. The predicted molar refractivity (Wildman–Crippen MR) is 108 cm³/mol. The third-order valence-corrected chi connectivity index (χ3v) is 5.33. The van der Waals surface area contributed by atoms with E-state index in [4.69, 9.17) is 4.74 Å². The minimum Gasteiger partial charge on any atom is -0.383 e. The molecule has 1 aromatic heterocycles. The maximum Gasteiger partial charge on any atom is 0.205 e. The molecule has 1 aliphatic heterocycles. The van der Waals surface area contributed by atoms with Crippen molar-refractivity contribution in [2.75, 3.05) is 78.5 Å². The van der Waals surface area contributed by atoms with Gasteiger partial charge in [-0.15, -0.1) is 0 Å². The number of aliphatic imine (C=N–C) groups is 1. The summed E-state index contributed by atoms with van der Waals surface area (Å²) in [6, 6.07) is 0. The molecule has 0 atom stereocenters. The van der Waals surface area contributed by atoms with E-state index in [1.54, 1.807) is 7.11 Å². The lowest BCUT2D eigenvalue weighted by Gasteiger charge is -2.36. The van der Waals surface area contributed by atoms with Gasteiger partial charge in [-0.2, -0.15) is 4.37 Å². The molecule has 26 heavy (non-hydrogen) atoms. The summed E-state index contributed by atoms with van der Waals surface area (Å²) in [5.41, 5.74) is 0. The van der Waals surface area contributed by atoms with Crippen LogP contribution in [0.3, 0.4) is 0 Å². The van der Waals surface area contributed by atoms with Gasteiger partial charge >= 0.3 is 0 Å². The number of guanidine groups is 1. The molecule has 8 nitrogen and oxygen atoms in total. The largest absolute Gasteiger partial charge is 0.383 e. The van der Waals surface area contributed by atoms with Gasteiger partial charge in [0.1, 0.15) is 5.82 Å². The molecular weight excluding hydrogens is 350 g/mol. The van der Waals surface area contributed by atoms with Crippen LogP contribution >= 0.6 is 11.5 Å². The van der Waals surface area contributed by atoms with Crippen LogP contribution < -0.4 is 10.2 Å². The number of nitrogens with one attached hydrogen (secondary N) is 1. The van der Waals surface area contributed by atoms with Crippen LogP contribution in [-0.2, 0) is 11.2 Å². The number of anilines is 1. The predicted octanol–water partition coefficient (Wildman–Crippen LogP) is 0.766. The van der Waals surface area contributed by atoms with Crippen LogP contribution in [0.5, 0.6) is 0 Å². The second kappa shape index (κ2) is 11.3. The number of piperazine rings is 1. The van der Waals surface area contributed by atoms with E-state index in [1.807, 2.05) is 7.05 Å². The molecule has 148 valence electrons. The molecule has 0 bridgehead atoms. The van der Waals surface area contributed by atoms with Gasteiger partial charge in [0, 0.05) is 71.4 Å². The molecule has 0 radical (unpaired) electrons. The van der Waals surface area contributed by atoms with Crippen molar-refractivity contribution in [1.29, 1.82) is 0 Å². The van der Waals surface area contributed by atoms with Gasteiger partial charge < -0.3 is 24.8 Å². The maximum absolute atomic E-state index is 5.11. The van der Waals surface area contributed by atoms with Gasteiger partial charge in [-0.25, -0.2) is 4.98 Å². The zero-order valence-electron chi connectivity index (χ0n) is 16.6. The fourth-order valence-corrected chi connectivity index (χ4v) is 3.67. The Bertz CT molecular complexity index is 543. The van der Waals surface area contributed by atoms with Crippen molar-refractivity contribution in [1.82, 2.24) is 24.5 Å². The van der Waals surface area contributed by atoms with Gasteiger partial charge in [-0.05, 0) is 20.0 Å². The number of hydrogen-bond acceptors (Lipinski definition) is 7. The summed E-state index contributed by atoms with van der Waals surface area (Å²) in [5, 5.41) is 4.54. The zero-order valence-corrected chi connectivity index (χ0v) is 17.4. The lowest BCUT2D eigenvalue weighted by atomic mass is 10.3. The molecule has 1 aromatic rings. The second-order valence-electron chi connectivity index (χ2n) is 6.44. The fraction of sp³-hybridized carbons (Fsp3) is 0.824. The van der Waals surface area contributed by atoms with E-state index in [0.717, 1.165) is 82.2 Å². The van der Waals surface area contributed by atoms with E-state index in [-0.39, 0.29) is 0 Å². The monoisotopic (exact) mass is 383 g/mol. The van der Waals surface area contributed by atoms with Crippen molar-refractivity contribution < 1.29 is 4.74 Å². The van der Waals surface area contributed by atoms with E-state index in [1.165, 1.54) is 11.5 Å². The topological polar surface area (TPSA) is 69.1 Å². The Labute approximate surface area is 161 Å². The molecule has 2 heterocycles.